The van der Waals surface area contributed by atoms with E-state index in [9.17, 15) is 19.8 Å². The quantitative estimate of drug-likeness (QED) is 0.651. The molecule has 0 aliphatic carbocycles. The van der Waals surface area contributed by atoms with Crippen LogP contribution in [0.5, 0.6) is 0 Å². The summed E-state index contributed by atoms with van der Waals surface area (Å²) in [7, 11) is 0. The maximum atomic E-state index is 12.4. The smallest absolute Gasteiger partial charge is 0.330 e. The molecule has 1 aromatic heterocycles. The van der Waals surface area contributed by atoms with Gasteiger partial charge in [0.25, 0.3) is 5.56 Å². The van der Waals surface area contributed by atoms with E-state index < -0.39 is 29.7 Å². The molecule has 1 saturated heterocycles. The van der Waals surface area contributed by atoms with Crippen LogP contribution in [0.25, 0.3) is 21.9 Å². The summed E-state index contributed by atoms with van der Waals surface area (Å²) in [5, 5.41) is 21.0. The Morgan fingerprint density at radius 1 is 1.12 bits per heavy atom. The van der Waals surface area contributed by atoms with Gasteiger partial charge in [-0.1, -0.05) is 42.5 Å². The number of aliphatic hydroxyl groups is 2. The molecule has 0 saturated carbocycles. The lowest BCUT2D eigenvalue weighted by molar-refractivity contribution is -0.0458. The zero-order chi connectivity index (χ0) is 18.3. The van der Waals surface area contributed by atoms with Gasteiger partial charge in [-0.05, 0) is 16.3 Å². The van der Waals surface area contributed by atoms with Gasteiger partial charge in [-0.3, -0.25) is 14.3 Å². The highest BCUT2D eigenvalue weighted by Crippen LogP contribution is 2.29. The van der Waals surface area contributed by atoms with E-state index in [2.05, 4.69) is 4.98 Å². The van der Waals surface area contributed by atoms with E-state index in [4.69, 9.17) is 4.74 Å². The number of ether oxygens (including phenoxy) is 1. The number of benzene rings is 2. The molecule has 3 N–H and O–H groups in total. The van der Waals surface area contributed by atoms with Crippen LogP contribution in [0.3, 0.4) is 0 Å². The van der Waals surface area contributed by atoms with Gasteiger partial charge < -0.3 is 14.9 Å². The van der Waals surface area contributed by atoms with Crippen molar-refractivity contribution in [1.82, 2.24) is 9.55 Å². The number of aliphatic hydroxyl groups excluding tert-OH is 2. The topological polar surface area (TPSA) is 105 Å². The van der Waals surface area contributed by atoms with Crippen LogP contribution in [0.1, 0.15) is 12.6 Å². The first-order valence-electron chi connectivity index (χ1n) is 8.36. The number of nitrogens with zero attached hydrogens (tertiary/aromatic N) is 1. The average Bonchev–Trinajstić information content (AvgIpc) is 3.02. The minimum atomic E-state index is -0.871. The van der Waals surface area contributed by atoms with Crippen LogP contribution in [0.2, 0.25) is 0 Å². The summed E-state index contributed by atoms with van der Waals surface area (Å²) >= 11 is 0. The van der Waals surface area contributed by atoms with Gasteiger partial charge in [-0.15, -0.1) is 0 Å². The molecule has 26 heavy (non-hydrogen) atoms. The second-order valence-electron chi connectivity index (χ2n) is 6.35. The molecule has 134 valence electrons. The molecule has 0 amide bonds. The van der Waals surface area contributed by atoms with Crippen molar-refractivity contribution in [2.24, 2.45) is 0 Å². The van der Waals surface area contributed by atoms with E-state index in [1.807, 2.05) is 42.5 Å². The molecule has 2 heterocycles. The van der Waals surface area contributed by atoms with Crippen molar-refractivity contribution in [2.45, 2.75) is 24.9 Å². The zero-order valence-electron chi connectivity index (χ0n) is 13.8. The zero-order valence-corrected chi connectivity index (χ0v) is 13.8. The Hall–Kier alpha value is -2.74. The SMILES string of the molecule is O=c1[nH]c(=O)n([C@H]2C[C@H](O)[C@@H](CO)O2)cc1-c1cccc2ccccc12. The molecule has 1 aliphatic rings. The molecule has 0 unspecified atom stereocenters. The van der Waals surface area contributed by atoms with Crippen molar-refractivity contribution in [3.63, 3.8) is 0 Å². The van der Waals surface area contributed by atoms with Crippen LogP contribution >= 0.6 is 0 Å². The number of aromatic nitrogens is 2. The standard InChI is InChI=1S/C19H18N2O5/c22-10-16-15(23)8-17(26-16)21-9-14(18(24)20-19(21)25)13-7-3-5-11-4-1-2-6-12(11)13/h1-7,9,15-17,22-23H,8,10H2,(H,20,24,25)/t15-,16+,17+/m0/s1. The lowest BCUT2D eigenvalue weighted by Crippen LogP contribution is -2.33. The molecule has 7 nitrogen and oxygen atoms in total. The Labute approximate surface area is 148 Å². The van der Waals surface area contributed by atoms with E-state index in [0.29, 0.717) is 11.1 Å². The molecule has 2 aromatic carbocycles. The fraction of sp³-hybridized carbons (Fsp3) is 0.263. The number of hydrogen-bond donors (Lipinski definition) is 3. The minimum Gasteiger partial charge on any atom is -0.394 e. The number of nitrogens with one attached hydrogen (secondary N) is 1. The van der Waals surface area contributed by atoms with E-state index in [1.165, 1.54) is 10.8 Å². The highest BCUT2D eigenvalue weighted by molar-refractivity contribution is 5.96. The molecule has 4 rings (SSSR count). The van der Waals surface area contributed by atoms with Crippen molar-refractivity contribution in [1.29, 1.82) is 0 Å². The van der Waals surface area contributed by atoms with Crippen LogP contribution in [-0.4, -0.2) is 38.6 Å². The van der Waals surface area contributed by atoms with Gasteiger partial charge >= 0.3 is 5.69 Å². The Morgan fingerprint density at radius 3 is 2.65 bits per heavy atom. The van der Waals surface area contributed by atoms with Crippen molar-refractivity contribution in [3.05, 3.63) is 69.5 Å². The molecule has 0 bridgehead atoms. The molecule has 3 aromatic rings. The van der Waals surface area contributed by atoms with Gasteiger partial charge in [-0.25, -0.2) is 4.79 Å². The Kier molecular flexibility index (Phi) is 4.20. The number of hydrogen-bond acceptors (Lipinski definition) is 5. The number of fused-ring (bicyclic) bond motifs is 1. The van der Waals surface area contributed by atoms with Gasteiger partial charge in [-0.2, -0.15) is 0 Å². The Morgan fingerprint density at radius 2 is 1.88 bits per heavy atom. The first-order chi connectivity index (χ1) is 12.6. The third-order valence-electron chi connectivity index (χ3n) is 4.74. The molecular weight excluding hydrogens is 336 g/mol. The Bertz CT molecular complexity index is 1070. The third kappa shape index (κ3) is 2.76. The molecule has 0 spiro atoms. The van der Waals surface area contributed by atoms with Crippen molar-refractivity contribution >= 4 is 10.8 Å². The second kappa shape index (κ2) is 6.53. The molecule has 1 fully saturated rings. The normalized spacial score (nSPS) is 22.8. The van der Waals surface area contributed by atoms with Gasteiger partial charge in [0, 0.05) is 12.6 Å². The molecule has 1 aliphatic heterocycles. The van der Waals surface area contributed by atoms with E-state index >= 15 is 0 Å². The van der Waals surface area contributed by atoms with E-state index in [1.54, 1.807) is 0 Å². The van der Waals surface area contributed by atoms with Crippen LogP contribution in [0.15, 0.2) is 58.3 Å². The predicted octanol–water partition coefficient (Wildman–Crippen LogP) is 0.998. The fourth-order valence-corrected chi connectivity index (χ4v) is 3.40. The third-order valence-corrected chi connectivity index (χ3v) is 4.74. The largest absolute Gasteiger partial charge is 0.394 e. The number of H-pyrrole nitrogens is 1. The van der Waals surface area contributed by atoms with Crippen molar-refractivity contribution in [3.8, 4) is 11.1 Å². The van der Waals surface area contributed by atoms with Gasteiger partial charge in [0.2, 0.25) is 0 Å². The van der Waals surface area contributed by atoms with E-state index in [0.717, 1.165) is 10.8 Å². The van der Waals surface area contributed by atoms with Crippen molar-refractivity contribution in [2.75, 3.05) is 6.61 Å². The summed E-state index contributed by atoms with van der Waals surface area (Å²) in [6.07, 6.45) is -0.753. The summed E-state index contributed by atoms with van der Waals surface area (Å²) < 4.78 is 6.81. The second-order valence-corrected chi connectivity index (χ2v) is 6.35. The van der Waals surface area contributed by atoms with Gasteiger partial charge in [0.15, 0.2) is 0 Å². The lowest BCUT2D eigenvalue weighted by Gasteiger charge is -2.16. The number of rotatable bonds is 3. The highest BCUT2D eigenvalue weighted by atomic mass is 16.5. The fourth-order valence-electron chi connectivity index (χ4n) is 3.40. The van der Waals surface area contributed by atoms with Crippen LogP contribution in [-0.2, 0) is 4.74 Å². The summed E-state index contributed by atoms with van der Waals surface area (Å²) in [6.45, 7) is -0.341. The molecule has 7 heteroatoms. The predicted molar refractivity (Wildman–Crippen MR) is 95.9 cm³/mol. The molecular formula is C19H18N2O5. The molecule has 3 atom stereocenters. The van der Waals surface area contributed by atoms with E-state index in [-0.39, 0.29) is 13.0 Å². The minimum absolute atomic E-state index is 0.159. The first kappa shape index (κ1) is 16.7. The lowest BCUT2D eigenvalue weighted by atomic mass is 10.0. The average molecular weight is 354 g/mol. The maximum absolute atomic E-state index is 12.4. The molecule has 0 radical (unpaired) electrons. The van der Waals surface area contributed by atoms with Crippen LogP contribution in [0.4, 0.5) is 0 Å². The number of aromatic amines is 1. The van der Waals surface area contributed by atoms with Crippen LogP contribution < -0.4 is 11.2 Å². The Balaban J connectivity index is 1.86. The maximum Gasteiger partial charge on any atom is 0.330 e. The summed E-state index contributed by atoms with van der Waals surface area (Å²) in [5.41, 5.74) is -0.0584. The summed E-state index contributed by atoms with van der Waals surface area (Å²) in [4.78, 5) is 27.0. The van der Waals surface area contributed by atoms with Crippen molar-refractivity contribution < 1.29 is 14.9 Å². The van der Waals surface area contributed by atoms with Gasteiger partial charge in [0.1, 0.15) is 12.3 Å². The monoisotopic (exact) mass is 354 g/mol. The van der Waals surface area contributed by atoms with Gasteiger partial charge in [0.05, 0.1) is 18.3 Å². The first-order valence-corrected chi connectivity index (χ1v) is 8.36. The highest BCUT2D eigenvalue weighted by Gasteiger charge is 2.35. The summed E-state index contributed by atoms with van der Waals surface area (Å²) in [5.74, 6) is 0. The summed E-state index contributed by atoms with van der Waals surface area (Å²) in [6, 6.07) is 13.3. The van der Waals surface area contributed by atoms with Crippen LogP contribution in [0, 0.1) is 0 Å².